The van der Waals surface area contributed by atoms with Gasteiger partial charge in [0.05, 0.1) is 5.56 Å². The summed E-state index contributed by atoms with van der Waals surface area (Å²) in [5.41, 5.74) is 3.89. The number of aliphatic carboxylic acids is 1. The van der Waals surface area contributed by atoms with Gasteiger partial charge in [-0.05, 0) is 67.3 Å². The fourth-order valence-electron chi connectivity index (χ4n) is 3.63. The second kappa shape index (κ2) is 12.7. The molecule has 0 aliphatic carbocycles. The van der Waals surface area contributed by atoms with Crippen LogP contribution < -0.4 is 5.32 Å². The summed E-state index contributed by atoms with van der Waals surface area (Å²) in [6.07, 6.45) is 6.88. The molecule has 0 aliphatic rings. The lowest BCUT2D eigenvalue weighted by atomic mass is 9.93. The van der Waals surface area contributed by atoms with Crippen LogP contribution in [0.15, 0.2) is 48.5 Å². The molecule has 0 fully saturated rings. The first-order valence-electron chi connectivity index (χ1n) is 10.9. The van der Waals surface area contributed by atoms with Crippen molar-refractivity contribution in [1.29, 1.82) is 0 Å². The maximum atomic E-state index is 11.1. The minimum absolute atomic E-state index is 0.202. The highest BCUT2D eigenvalue weighted by molar-refractivity contribution is 5.87. The van der Waals surface area contributed by atoms with Gasteiger partial charge in [0.15, 0.2) is 0 Å². The van der Waals surface area contributed by atoms with E-state index in [4.69, 9.17) is 10.2 Å². The Kier molecular flexibility index (Phi) is 9.92. The first kappa shape index (κ1) is 23.5. The number of carbonyl (C=O) groups is 2. The molecule has 5 nitrogen and oxygen atoms in total. The molecule has 0 saturated carbocycles. The molecule has 5 heteroatoms. The van der Waals surface area contributed by atoms with E-state index >= 15 is 0 Å². The zero-order valence-corrected chi connectivity index (χ0v) is 17.8. The summed E-state index contributed by atoms with van der Waals surface area (Å²) < 4.78 is 0. The Labute approximate surface area is 179 Å². The molecular formula is C25H33NO4. The second-order valence-electron chi connectivity index (χ2n) is 7.85. The molecule has 0 aliphatic heterocycles. The maximum Gasteiger partial charge on any atom is 0.335 e. The van der Waals surface area contributed by atoms with Gasteiger partial charge in [0.1, 0.15) is 0 Å². The van der Waals surface area contributed by atoms with Gasteiger partial charge in [0.2, 0.25) is 0 Å². The smallest absolute Gasteiger partial charge is 0.335 e. The third kappa shape index (κ3) is 8.27. The molecule has 1 atom stereocenters. The van der Waals surface area contributed by atoms with Crippen LogP contribution in [-0.4, -0.2) is 28.7 Å². The minimum Gasteiger partial charge on any atom is -0.481 e. The predicted octanol–water partition coefficient (Wildman–Crippen LogP) is 5.64. The minimum atomic E-state index is -0.919. The van der Waals surface area contributed by atoms with Crippen LogP contribution in [0.5, 0.6) is 0 Å². The van der Waals surface area contributed by atoms with Gasteiger partial charge in [0, 0.05) is 18.7 Å². The molecule has 0 heterocycles. The van der Waals surface area contributed by atoms with E-state index in [9.17, 15) is 9.59 Å². The average molecular weight is 412 g/mol. The molecule has 162 valence electrons. The molecule has 0 amide bonds. The first-order valence-corrected chi connectivity index (χ1v) is 10.9. The maximum absolute atomic E-state index is 11.1. The standard InChI is InChI=1S/C25H33NO4/c1-2-3-9-21-10-5-6-11-23(21)26-18-20(8-4-7-12-24(27)28)17-19-13-15-22(16-14-19)25(29)30/h5-6,10-11,13-16,20,26H,2-4,7-9,12,17-18H2,1H3,(H,27,28)(H,29,30). The van der Waals surface area contributed by atoms with Gasteiger partial charge >= 0.3 is 11.9 Å². The number of rotatable bonds is 14. The first-order chi connectivity index (χ1) is 14.5. The fraction of sp³-hybridized carbons (Fsp3) is 0.440. The molecule has 2 aromatic rings. The van der Waals surface area contributed by atoms with Crippen LogP contribution in [0, 0.1) is 5.92 Å². The second-order valence-corrected chi connectivity index (χ2v) is 7.85. The fourth-order valence-corrected chi connectivity index (χ4v) is 3.63. The van der Waals surface area contributed by atoms with Gasteiger partial charge < -0.3 is 15.5 Å². The normalized spacial score (nSPS) is 11.8. The highest BCUT2D eigenvalue weighted by Gasteiger charge is 2.12. The molecule has 0 spiro atoms. The van der Waals surface area contributed by atoms with E-state index in [1.165, 1.54) is 11.3 Å². The van der Waals surface area contributed by atoms with E-state index in [-0.39, 0.29) is 6.42 Å². The van der Waals surface area contributed by atoms with E-state index in [0.29, 0.717) is 17.9 Å². The van der Waals surface area contributed by atoms with Gasteiger partial charge in [-0.15, -0.1) is 0 Å². The van der Waals surface area contributed by atoms with Crippen molar-refractivity contribution in [2.24, 2.45) is 5.92 Å². The number of aromatic carboxylic acids is 1. The van der Waals surface area contributed by atoms with Gasteiger partial charge in [0.25, 0.3) is 0 Å². The number of benzene rings is 2. The van der Waals surface area contributed by atoms with Crippen LogP contribution in [0.4, 0.5) is 5.69 Å². The highest BCUT2D eigenvalue weighted by atomic mass is 16.4. The van der Waals surface area contributed by atoms with Crippen LogP contribution >= 0.6 is 0 Å². The molecule has 1 unspecified atom stereocenters. The number of hydrogen-bond donors (Lipinski definition) is 3. The third-order valence-electron chi connectivity index (χ3n) is 5.38. The van der Waals surface area contributed by atoms with Crippen molar-refractivity contribution in [3.05, 3.63) is 65.2 Å². The highest BCUT2D eigenvalue weighted by Crippen LogP contribution is 2.21. The van der Waals surface area contributed by atoms with Crippen molar-refractivity contribution < 1.29 is 19.8 Å². The van der Waals surface area contributed by atoms with Crippen molar-refractivity contribution in [3.8, 4) is 0 Å². The molecule has 2 aromatic carbocycles. The van der Waals surface area contributed by atoms with E-state index in [1.54, 1.807) is 12.1 Å². The summed E-state index contributed by atoms with van der Waals surface area (Å²) in [6, 6.07) is 15.5. The van der Waals surface area contributed by atoms with Crippen molar-refractivity contribution >= 4 is 17.6 Å². The van der Waals surface area contributed by atoms with Crippen molar-refractivity contribution in [3.63, 3.8) is 0 Å². The number of carboxylic acid groups (broad SMARTS) is 2. The van der Waals surface area contributed by atoms with Crippen molar-refractivity contribution in [2.75, 3.05) is 11.9 Å². The zero-order chi connectivity index (χ0) is 21.8. The topological polar surface area (TPSA) is 86.6 Å². The number of nitrogens with one attached hydrogen (secondary N) is 1. The van der Waals surface area contributed by atoms with Crippen LogP contribution in [0.3, 0.4) is 0 Å². The van der Waals surface area contributed by atoms with E-state index < -0.39 is 11.9 Å². The van der Waals surface area contributed by atoms with Gasteiger partial charge in [-0.1, -0.05) is 50.1 Å². The van der Waals surface area contributed by atoms with E-state index in [1.807, 2.05) is 18.2 Å². The molecular weight excluding hydrogens is 378 g/mol. The molecule has 0 radical (unpaired) electrons. The molecule has 3 N–H and O–H groups in total. The molecule has 30 heavy (non-hydrogen) atoms. The zero-order valence-electron chi connectivity index (χ0n) is 17.8. The van der Waals surface area contributed by atoms with Crippen LogP contribution in [-0.2, 0) is 17.6 Å². The number of carboxylic acids is 2. The summed E-state index contributed by atoms with van der Waals surface area (Å²) in [6.45, 7) is 3.00. The number of anilines is 1. The molecule has 0 bridgehead atoms. The Hall–Kier alpha value is -2.82. The Balaban J connectivity index is 2.01. The lowest BCUT2D eigenvalue weighted by Crippen LogP contribution is -2.18. The molecule has 0 aromatic heterocycles. The van der Waals surface area contributed by atoms with Gasteiger partial charge in [-0.3, -0.25) is 4.79 Å². The number of para-hydroxylation sites is 1. The van der Waals surface area contributed by atoms with E-state index in [2.05, 4.69) is 30.4 Å². The Bertz CT molecular complexity index is 801. The largest absolute Gasteiger partial charge is 0.481 e. The lowest BCUT2D eigenvalue weighted by Gasteiger charge is -2.20. The van der Waals surface area contributed by atoms with Gasteiger partial charge in [-0.25, -0.2) is 4.79 Å². The van der Waals surface area contributed by atoms with Gasteiger partial charge in [-0.2, -0.15) is 0 Å². The number of unbranched alkanes of at least 4 members (excludes halogenated alkanes) is 2. The Morgan fingerprint density at radius 2 is 1.70 bits per heavy atom. The lowest BCUT2D eigenvalue weighted by molar-refractivity contribution is -0.137. The van der Waals surface area contributed by atoms with Crippen LogP contribution in [0.25, 0.3) is 0 Å². The summed E-state index contributed by atoms with van der Waals surface area (Å²) in [5.74, 6) is -1.33. The molecule has 0 saturated heterocycles. The predicted molar refractivity (Wildman–Crippen MR) is 120 cm³/mol. The third-order valence-corrected chi connectivity index (χ3v) is 5.38. The quantitative estimate of drug-likeness (QED) is 0.350. The summed E-state index contributed by atoms with van der Waals surface area (Å²) in [4.78, 5) is 21.9. The SMILES string of the molecule is CCCCc1ccccc1NCC(CCCCC(=O)O)Cc1ccc(C(=O)O)cc1. The van der Waals surface area contributed by atoms with Crippen molar-refractivity contribution in [2.45, 2.75) is 58.3 Å². The molecule has 2 rings (SSSR count). The number of hydrogen-bond acceptors (Lipinski definition) is 3. The summed E-state index contributed by atoms with van der Waals surface area (Å²) >= 11 is 0. The number of aryl methyl sites for hydroxylation is 1. The average Bonchev–Trinajstić information content (AvgIpc) is 2.74. The van der Waals surface area contributed by atoms with Crippen LogP contribution in [0.2, 0.25) is 0 Å². The van der Waals surface area contributed by atoms with Crippen LogP contribution in [0.1, 0.15) is 66.9 Å². The Morgan fingerprint density at radius 1 is 0.967 bits per heavy atom. The Morgan fingerprint density at radius 3 is 2.37 bits per heavy atom. The van der Waals surface area contributed by atoms with E-state index in [0.717, 1.165) is 50.6 Å². The summed E-state index contributed by atoms with van der Waals surface area (Å²) in [5, 5.41) is 21.6. The summed E-state index contributed by atoms with van der Waals surface area (Å²) in [7, 11) is 0. The monoisotopic (exact) mass is 411 g/mol. The van der Waals surface area contributed by atoms with Crippen molar-refractivity contribution in [1.82, 2.24) is 0 Å².